The molecule has 0 aliphatic carbocycles. The maximum atomic E-state index is 11.7. The Kier molecular flexibility index (Phi) is 4.37. The van der Waals surface area contributed by atoms with Crippen molar-refractivity contribution in [1.82, 2.24) is 10.2 Å². The Hall–Kier alpha value is -0.910. The molecule has 1 saturated heterocycles. The van der Waals surface area contributed by atoms with Gasteiger partial charge in [-0.1, -0.05) is 6.07 Å². The van der Waals surface area contributed by atoms with Crippen LogP contribution in [-0.2, 0) is 11.2 Å². The molecule has 2 N–H and O–H groups in total. The number of likely N-dealkylation sites (tertiary alicyclic amines) is 1. The zero-order valence-corrected chi connectivity index (χ0v) is 11.5. The number of β-amino-alcohol motifs (C(OH)–C–C–N with tert-alkyl or cyclic N) is 1. The lowest BCUT2D eigenvalue weighted by Crippen LogP contribution is -2.38. The maximum Gasteiger partial charge on any atom is 0.234 e. The Bertz CT molecular complexity index is 390. The van der Waals surface area contributed by atoms with Crippen LogP contribution in [-0.4, -0.2) is 47.7 Å². The summed E-state index contributed by atoms with van der Waals surface area (Å²) in [5, 5.41) is 14.8. The number of thiophene rings is 1. The smallest absolute Gasteiger partial charge is 0.234 e. The van der Waals surface area contributed by atoms with Crippen molar-refractivity contribution in [3.8, 4) is 0 Å². The molecule has 0 radical (unpaired) electrons. The van der Waals surface area contributed by atoms with Gasteiger partial charge in [-0.05, 0) is 31.2 Å². The van der Waals surface area contributed by atoms with Crippen molar-refractivity contribution >= 4 is 17.2 Å². The second-order valence-corrected chi connectivity index (χ2v) is 6.17. The Labute approximate surface area is 112 Å². The Morgan fingerprint density at radius 3 is 3.11 bits per heavy atom. The van der Waals surface area contributed by atoms with Crippen LogP contribution < -0.4 is 5.32 Å². The van der Waals surface area contributed by atoms with Crippen LogP contribution in [0.25, 0.3) is 0 Å². The third-order valence-electron chi connectivity index (χ3n) is 3.17. The molecule has 1 amide bonds. The lowest BCUT2D eigenvalue weighted by molar-refractivity contribution is -0.122. The summed E-state index contributed by atoms with van der Waals surface area (Å²) in [6, 6.07) is 4.10. The molecule has 1 fully saturated rings. The first-order valence-corrected chi connectivity index (χ1v) is 7.17. The maximum absolute atomic E-state index is 11.7. The number of hydrogen-bond acceptors (Lipinski definition) is 4. The molecular formula is C13H20N2O2S. The first kappa shape index (κ1) is 13.5. The van der Waals surface area contributed by atoms with Crippen LogP contribution >= 0.6 is 11.3 Å². The fraction of sp³-hybridized carbons (Fsp3) is 0.615. The third-order valence-corrected chi connectivity index (χ3v) is 4.11. The second-order valence-electron chi connectivity index (χ2n) is 5.14. The molecule has 100 valence electrons. The monoisotopic (exact) mass is 268 g/mol. The van der Waals surface area contributed by atoms with Crippen LogP contribution in [0.3, 0.4) is 0 Å². The standard InChI is InChI=1S/C13H20N2O2S/c1-13(17)5-7-15(10-13)9-12(16)14-6-4-11-3-2-8-18-11/h2-3,8,17H,4-7,9-10H2,1H3,(H,14,16). The highest BCUT2D eigenvalue weighted by atomic mass is 32.1. The van der Waals surface area contributed by atoms with E-state index in [-0.39, 0.29) is 5.91 Å². The first-order chi connectivity index (χ1) is 8.55. The number of nitrogens with zero attached hydrogens (tertiary/aromatic N) is 1. The van der Waals surface area contributed by atoms with Gasteiger partial charge < -0.3 is 10.4 Å². The van der Waals surface area contributed by atoms with Gasteiger partial charge in [0, 0.05) is 24.5 Å². The average Bonchev–Trinajstić information content (AvgIpc) is 2.88. The summed E-state index contributed by atoms with van der Waals surface area (Å²) >= 11 is 1.71. The summed E-state index contributed by atoms with van der Waals surface area (Å²) in [5.41, 5.74) is -0.628. The van der Waals surface area contributed by atoms with Crippen LogP contribution in [0.2, 0.25) is 0 Å². The normalized spacial score (nSPS) is 24.3. The molecular weight excluding hydrogens is 248 g/mol. The van der Waals surface area contributed by atoms with Crippen LogP contribution in [0.4, 0.5) is 0 Å². The number of aliphatic hydroxyl groups is 1. The molecule has 1 aromatic rings. The molecule has 1 aromatic heterocycles. The predicted octanol–water partition coefficient (Wildman–Crippen LogP) is 0.863. The van der Waals surface area contributed by atoms with Gasteiger partial charge in [0.25, 0.3) is 0 Å². The van der Waals surface area contributed by atoms with Gasteiger partial charge in [0.2, 0.25) is 5.91 Å². The summed E-state index contributed by atoms with van der Waals surface area (Å²) < 4.78 is 0. The minimum Gasteiger partial charge on any atom is -0.389 e. The van der Waals surface area contributed by atoms with Gasteiger partial charge in [0.05, 0.1) is 12.1 Å². The van der Waals surface area contributed by atoms with Crippen molar-refractivity contribution in [1.29, 1.82) is 0 Å². The van der Waals surface area contributed by atoms with Crippen molar-refractivity contribution in [2.24, 2.45) is 0 Å². The van der Waals surface area contributed by atoms with E-state index in [1.807, 2.05) is 23.3 Å². The minimum atomic E-state index is -0.628. The van der Waals surface area contributed by atoms with Gasteiger partial charge >= 0.3 is 0 Å². The molecule has 0 aromatic carbocycles. The molecule has 1 aliphatic heterocycles. The van der Waals surface area contributed by atoms with Crippen molar-refractivity contribution < 1.29 is 9.90 Å². The molecule has 0 bridgehead atoms. The van der Waals surface area contributed by atoms with Gasteiger partial charge in [0.15, 0.2) is 0 Å². The van der Waals surface area contributed by atoms with Gasteiger partial charge in [-0.25, -0.2) is 0 Å². The first-order valence-electron chi connectivity index (χ1n) is 6.29. The number of carbonyl (C=O) groups excluding carboxylic acids is 1. The zero-order chi connectivity index (χ0) is 13.0. The zero-order valence-electron chi connectivity index (χ0n) is 10.7. The largest absolute Gasteiger partial charge is 0.389 e. The molecule has 2 rings (SSSR count). The average molecular weight is 268 g/mol. The van der Waals surface area contributed by atoms with Crippen LogP contribution in [0, 0.1) is 0 Å². The number of carbonyl (C=O) groups is 1. The van der Waals surface area contributed by atoms with Gasteiger partial charge in [-0.2, -0.15) is 0 Å². The Balaban J connectivity index is 1.64. The van der Waals surface area contributed by atoms with Gasteiger partial charge in [0.1, 0.15) is 0 Å². The second kappa shape index (κ2) is 5.82. The van der Waals surface area contributed by atoms with E-state index in [1.165, 1.54) is 4.88 Å². The highest BCUT2D eigenvalue weighted by molar-refractivity contribution is 7.09. The molecule has 5 heteroatoms. The Morgan fingerprint density at radius 2 is 2.50 bits per heavy atom. The number of hydrogen-bond donors (Lipinski definition) is 2. The summed E-state index contributed by atoms with van der Waals surface area (Å²) in [6.45, 7) is 4.28. The lowest BCUT2D eigenvalue weighted by atomic mass is 10.1. The summed E-state index contributed by atoms with van der Waals surface area (Å²) in [4.78, 5) is 15.0. The topological polar surface area (TPSA) is 52.6 Å². The van der Waals surface area contributed by atoms with E-state index in [4.69, 9.17) is 0 Å². The highest BCUT2D eigenvalue weighted by Gasteiger charge is 2.31. The molecule has 0 spiro atoms. The van der Waals surface area contributed by atoms with E-state index >= 15 is 0 Å². The third kappa shape index (κ3) is 4.08. The Morgan fingerprint density at radius 1 is 1.67 bits per heavy atom. The van der Waals surface area contributed by atoms with E-state index in [1.54, 1.807) is 11.3 Å². The number of rotatable bonds is 5. The molecule has 1 atom stereocenters. The summed E-state index contributed by atoms with van der Waals surface area (Å²) in [5.74, 6) is 0.0456. The molecule has 1 unspecified atom stereocenters. The molecule has 2 heterocycles. The van der Waals surface area contributed by atoms with E-state index in [9.17, 15) is 9.90 Å². The number of amides is 1. The van der Waals surface area contributed by atoms with Gasteiger partial charge in [-0.3, -0.25) is 9.69 Å². The fourth-order valence-corrected chi connectivity index (χ4v) is 2.92. The fourth-order valence-electron chi connectivity index (χ4n) is 2.21. The molecule has 1 aliphatic rings. The van der Waals surface area contributed by atoms with E-state index in [0.717, 1.165) is 19.4 Å². The van der Waals surface area contributed by atoms with Crippen LogP contribution in [0.1, 0.15) is 18.2 Å². The highest BCUT2D eigenvalue weighted by Crippen LogP contribution is 2.19. The van der Waals surface area contributed by atoms with Crippen molar-refractivity contribution in [3.05, 3.63) is 22.4 Å². The van der Waals surface area contributed by atoms with Crippen molar-refractivity contribution in [2.75, 3.05) is 26.2 Å². The lowest BCUT2D eigenvalue weighted by Gasteiger charge is -2.18. The minimum absolute atomic E-state index is 0.0456. The SMILES string of the molecule is CC1(O)CCN(CC(=O)NCCc2cccs2)C1. The van der Waals surface area contributed by atoms with Crippen LogP contribution in [0.5, 0.6) is 0 Å². The molecule has 4 nitrogen and oxygen atoms in total. The van der Waals surface area contributed by atoms with Crippen LogP contribution in [0.15, 0.2) is 17.5 Å². The van der Waals surface area contributed by atoms with Crippen molar-refractivity contribution in [3.63, 3.8) is 0 Å². The van der Waals surface area contributed by atoms with E-state index in [0.29, 0.717) is 19.6 Å². The number of nitrogens with one attached hydrogen (secondary N) is 1. The predicted molar refractivity (Wildman–Crippen MR) is 72.7 cm³/mol. The van der Waals surface area contributed by atoms with Gasteiger partial charge in [-0.15, -0.1) is 11.3 Å². The molecule has 0 saturated carbocycles. The quantitative estimate of drug-likeness (QED) is 0.833. The summed E-state index contributed by atoms with van der Waals surface area (Å²) in [7, 11) is 0. The van der Waals surface area contributed by atoms with Crippen molar-refractivity contribution in [2.45, 2.75) is 25.4 Å². The molecule has 18 heavy (non-hydrogen) atoms. The summed E-state index contributed by atoms with van der Waals surface area (Å²) in [6.07, 6.45) is 1.64. The van der Waals surface area contributed by atoms with E-state index in [2.05, 4.69) is 11.4 Å². The van der Waals surface area contributed by atoms with E-state index < -0.39 is 5.60 Å².